The number of benzene rings is 1. The normalized spacial score (nSPS) is 20.1. The maximum atomic E-state index is 12.8. The highest BCUT2D eigenvalue weighted by molar-refractivity contribution is 5.96. The van der Waals surface area contributed by atoms with Crippen molar-refractivity contribution in [1.29, 1.82) is 0 Å². The van der Waals surface area contributed by atoms with Crippen LogP contribution in [-0.2, 0) is 4.79 Å². The molecule has 2 aliphatic rings. The molecule has 1 saturated carbocycles. The highest BCUT2D eigenvalue weighted by atomic mass is 16.2. The molecule has 1 N–H and O–H groups in total. The summed E-state index contributed by atoms with van der Waals surface area (Å²) in [5, 5.41) is 7.53. The van der Waals surface area contributed by atoms with Gasteiger partial charge in [-0.15, -0.1) is 0 Å². The van der Waals surface area contributed by atoms with Crippen molar-refractivity contribution in [3.63, 3.8) is 0 Å². The monoisotopic (exact) mass is 353 g/mol. The van der Waals surface area contributed by atoms with Crippen molar-refractivity contribution < 1.29 is 4.79 Å². The zero-order valence-corrected chi connectivity index (χ0v) is 15.6. The van der Waals surface area contributed by atoms with Crippen molar-refractivity contribution in [3.8, 4) is 0 Å². The molecule has 1 aliphatic carbocycles. The fourth-order valence-corrected chi connectivity index (χ4v) is 3.77. The number of rotatable bonds is 5. The quantitative estimate of drug-likeness (QED) is 0.898. The number of hydrogen-bond acceptors (Lipinski definition) is 4. The molecule has 0 radical (unpaired) electrons. The second-order valence-corrected chi connectivity index (χ2v) is 7.57. The van der Waals surface area contributed by atoms with Gasteiger partial charge >= 0.3 is 0 Å². The smallest absolute Gasteiger partial charge is 0.243 e. The first kappa shape index (κ1) is 17.2. The highest BCUT2D eigenvalue weighted by Crippen LogP contribution is 2.38. The molecule has 6 nitrogen and oxygen atoms in total. The Kier molecular flexibility index (Phi) is 4.76. The number of aromatic nitrogens is 3. The largest absolute Gasteiger partial charge is 0.314 e. The van der Waals surface area contributed by atoms with E-state index >= 15 is 0 Å². The van der Waals surface area contributed by atoms with Crippen LogP contribution < -0.4 is 4.90 Å². The van der Waals surface area contributed by atoms with Crippen molar-refractivity contribution in [1.82, 2.24) is 20.1 Å². The van der Waals surface area contributed by atoms with E-state index < -0.39 is 0 Å². The standard InChI is InChI=1S/C20H27N5O/c1-14(20(26)24(2)17-6-4-3-5-7-17)25-12-10-16(11-13-25)19-21-18(22-23-19)15-8-9-15/h3-7,14-16H,8-13H2,1-2H3,(H,21,22,23)/t14-/m1/s1. The lowest BCUT2D eigenvalue weighted by molar-refractivity contribution is -0.123. The van der Waals surface area contributed by atoms with E-state index in [1.807, 2.05) is 44.3 Å². The molecule has 0 spiro atoms. The molecular weight excluding hydrogens is 326 g/mol. The van der Waals surface area contributed by atoms with Crippen molar-refractivity contribution in [2.45, 2.75) is 50.5 Å². The average molecular weight is 353 g/mol. The van der Waals surface area contributed by atoms with Gasteiger partial charge in [0.25, 0.3) is 0 Å². The first-order chi connectivity index (χ1) is 12.6. The predicted molar refractivity (Wildman–Crippen MR) is 101 cm³/mol. The van der Waals surface area contributed by atoms with Crippen LogP contribution in [0, 0.1) is 0 Å². The van der Waals surface area contributed by atoms with Gasteiger partial charge in [-0.05, 0) is 57.8 Å². The lowest BCUT2D eigenvalue weighted by Gasteiger charge is -2.36. The molecule has 6 heteroatoms. The Morgan fingerprint density at radius 3 is 2.50 bits per heavy atom. The first-order valence-corrected chi connectivity index (χ1v) is 9.62. The molecule has 26 heavy (non-hydrogen) atoms. The van der Waals surface area contributed by atoms with Crippen molar-refractivity contribution in [3.05, 3.63) is 42.0 Å². The molecule has 1 atom stereocenters. The number of nitrogens with zero attached hydrogens (tertiary/aromatic N) is 4. The van der Waals surface area contributed by atoms with E-state index in [1.54, 1.807) is 4.90 Å². The van der Waals surface area contributed by atoms with Gasteiger partial charge in [-0.2, -0.15) is 5.10 Å². The number of nitrogens with one attached hydrogen (secondary N) is 1. The van der Waals surface area contributed by atoms with Crippen molar-refractivity contribution in [2.24, 2.45) is 0 Å². The van der Waals surface area contributed by atoms with Gasteiger partial charge in [-0.25, -0.2) is 4.98 Å². The van der Waals surface area contributed by atoms with E-state index in [-0.39, 0.29) is 11.9 Å². The number of anilines is 1. The van der Waals surface area contributed by atoms with Crippen LogP contribution in [-0.4, -0.2) is 52.2 Å². The Bertz CT molecular complexity index is 747. The van der Waals surface area contributed by atoms with Gasteiger partial charge in [0.15, 0.2) is 5.82 Å². The number of carbonyl (C=O) groups is 1. The molecule has 0 unspecified atom stereocenters. The number of H-pyrrole nitrogens is 1. The molecule has 1 aromatic heterocycles. The summed E-state index contributed by atoms with van der Waals surface area (Å²) in [6.45, 7) is 3.85. The van der Waals surface area contributed by atoms with Crippen LogP contribution in [0.4, 0.5) is 5.69 Å². The van der Waals surface area contributed by atoms with Crippen molar-refractivity contribution >= 4 is 11.6 Å². The number of amides is 1. The van der Waals surface area contributed by atoms with Gasteiger partial charge in [-0.3, -0.25) is 14.8 Å². The minimum Gasteiger partial charge on any atom is -0.314 e. The third-order valence-corrected chi connectivity index (χ3v) is 5.76. The summed E-state index contributed by atoms with van der Waals surface area (Å²) < 4.78 is 0. The van der Waals surface area contributed by atoms with E-state index in [0.29, 0.717) is 11.8 Å². The molecular formula is C20H27N5O. The molecule has 1 aromatic carbocycles. The molecule has 1 saturated heterocycles. The van der Waals surface area contributed by atoms with Crippen LogP contribution in [0.1, 0.15) is 56.1 Å². The summed E-state index contributed by atoms with van der Waals surface area (Å²) in [4.78, 5) is 21.6. The molecule has 2 fully saturated rings. The lowest BCUT2D eigenvalue weighted by Crippen LogP contribution is -2.48. The summed E-state index contributed by atoms with van der Waals surface area (Å²) in [6, 6.07) is 9.72. The second kappa shape index (κ2) is 7.19. The van der Waals surface area contributed by atoms with Gasteiger partial charge in [0.2, 0.25) is 5.91 Å². The highest BCUT2D eigenvalue weighted by Gasteiger charge is 2.32. The Hall–Kier alpha value is -2.21. The number of hydrogen-bond donors (Lipinski definition) is 1. The number of piperidine rings is 1. The SMILES string of the molecule is C[C@H](C(=O)N(C)c1ccccc1)N1CCC(c2nc(C3CC3)n[nH]2)CC1. The number of likely N-dealkylation sites (N-methyl/N-ethyl adjacent to an activating group) is 1. The third kappa shape index (κ3) is 3.51. The summed E-state index contributed by atoms with van der Waals surface area (Å²) in [5.74, 6) is 3.19. The zero-order valence-electron chi connectivity index (χ0n) is 15.6. The summed E-state index contributed by atoms with van der Waals surface area (Å²) in [7, 11) is 1.86. The van der Waals surface area contributed by atoms with Gasteiger partial charge in [-0.1, -0.05) is 18.2 Å². The van der Waals surface area contributed by atoms with Crippen LogP contribution in [0.15, 0.2) is 30.3 Å². The molecule has 2 aromatic rings. The molecule has 0 bridgehead atoms. The van der Waals surface area contributed by atoms with Crippen LogP contribution in [0.25, 0.3) is 0 Å². The average Bonchev–Trinajstić information content (AvgIpc) is 3.44. The first-order valence-electron chi connectivity index (χ1n) is 9.62. The van der Waals surface area contributed by atoms with Crippen LogP contribution in [0.3, 0.4) is 0 Å². The number of carbonyl (C=O) groups excluding carboxylic acids is 1. The van der Waals surface area contributed by atoms with E-state index in [2.05, 4.69) is 15.1 Å². The van der Waals surface area contributed by atoms with Crippen LogP contribution in [0.2, 0.25) is 0 Å². The lowest BCUT2D eigenvalue weighted by atomic mass is 9.95. The van der Waals surface area contributed by atoms with E-state index in [4.69, 9.17) is 4.98 Å². The van der Waals surface area contributed by atoms with Crippen LogP contribution in [0.5, 0.6) is 0 Å². The maximum Gasteiger partial charge on any atom is 0.243 e. The number of likely N-dealkylation sites (tertiary alicyclic amines) is 1. The topological polar surface area (TPSA) is 65.1 Å². The Morgan fingerprint density at radius 1 is 1.15 bits per heavy atom. The minimum atomic E-state index is -0.113. The molecule has 138 valence electrons. The van der Waals surface area contributed by atoms with Gasteiger partial charge < -0.3 is 4.90 Å². The van der Waals surface area contributed by atoms with E-state index in [1.165, 1.54) is 12.8 Å². The number of para-hydroxylation sites is 1. The Balaban J connectivity index is 1.33. The van der Waals surface area contributed by atoms with E-state index in [0.717, 1.165) is 43.3 Å². The fourth-order valence-electron chi connectivity index (χ4n) is 3.77. The molecule has 1 aliphatic heterocycles. The molecule has 1 amide bonds. The van der Waals surface area contributed by atoms with Crippen molar-refractivity contribution in [2.75, 3.05) is 25.0 Å². The minimum absolute atomic E-state index is 0.113. The van der Waals surface area contributed by atoms with Gasteiger partial charge in [0.1, 0.15) is 5.82 Å². The zero-order chi connectivity index (χ0) is 18.1. The summed E-state index contributed by atoms with van der Waals surface area (Å²) >= 11 is 0. The Labute approximate surface area is 154 Å². The summed E-state index contributed by atoms with van der Waals surface area (Å²) in [6.07, 6.45) is 4.49. The second-order valence-electron chi connectivity index (χ2n) is 7.57. The predicted octanol–water partition coefficient (Wildman–Crippen LogP) is 2.91. The third-order valence-electron chi connectivity index (χ3n) is 5.76. The summed E-state index contributed by atoms with van der Waals surface area (Å²) in [5.41, 5.74) is 0.938. The number of aromatic amines is 1. The molecule has 4 rings (SSSR count). The van der Waals surface area contributed by atoms with Gasteiger partial charge in [0.05, 0.1) is 6.04 Å². The Morgan fingerprint density at radius 2 is 1.85 bits per heavy atom. The van der Waals surface area contributed by atoms with Gasteiger partial charge in [0, 0.05) is 24.6 Å². The molecule has 2 heterocycles. The van der Waals surface area contributed by atoms with Crippen LogP contribution >= 0.6 is 0 Å². The van der Waals surface area contributed by atoms with E-state index in [9.17, 15) is 4.79 Å². The maximum absolute atomic E-state index is 12.8. The fraction of sp³-hybridized carbons (Fsp3) is 0.550.